The van der Waals surface area contributed by atoms with E-state index >= 15 is 0 Å². The number of hydrogen-bond acceptors (Lipinski definition) is 2. The summed E-state index contributed by atoms with van der Waals surface area (Å²) < 4.78 is 18.9. The van der Waals surface area contributed by atoms with Crippen LogP contribution in [-0.4, -0.2) is 32.7 Å². The van der Waals surface area contributed by atoms with Crippen molar-refractivity contribution in [2.24, 2.45) is 0 Å². The summed E-state index contributed by atoms with van der Waals surface area (Å²) in [6.45, 7) is 7.31. The van der Waals surface area contributed by atoms with Gasteiger partial charge in [0.15, 0.2) is 18.1 Å². The first-order valence-corrected chi connectivity index (χ1v) is 8.43. The van der Waals surface area contributed by atoms with Crippen LogP contribution in [-0.2, 0) is 4.79 Å². The highest BCUT2D eigenvalue weighted by Crippen LogP contribution is 2.21. The Labute approximate surface area is 148 Å². The second-order valence-corrected chi connectivity index (χ2v) is 6.48. The first kappa shape index (κ1) is 18.9. The van der Waals surface area contributed by atoms with Crippen LogP contribution in [0.4, 0.5) is 10.1 Å². The molecule has 25 heavy (non-hydrogen) atoms. The highest BCUT2D eigenvalue weighted by molar-refractivity contribution is 5.93. The summed E-state index contributed by atoms with van der Waals surface area (Å²) in [6, 6.07) is 10.4. The van der Waals surface area contributed by atoms with Gasteiger partial charge in [0.25, 0.3) is 5.91 Å². The Morgan fingerprint density at radius 1 is 1.16 bits per heavy atom. The molecule has 2 rings (SSSR count). The van der Waals surface area contributed by atoms with E-state index in [0.717, 1.165) is 21.7 Å². The van der Waals surface area contributed by atoms with Gasteiger partial charge in [0.2, 0.25) is 0 Å². The van der Waals surface area contributed by atoms with Crippen LogP contribution in [0.1, 0.15) is 16.7 Å². The molecule has 0 radical (unpaired) electrons. The number of nitrogens with one attached hydrogen (secondary N) is 2. The van der Waals surface area contributed by atoms with E-state index in [0.29, 0.717) is 19.7 Å². The van der Waals surface area contributed by atoms with Gasteiger partial charge >= 0.3 is 0 Å². The average Bonchev–Trinajstić information content (AvgIpc) is 2.52. The van der Waals surface area contributed by atoms with Gasteiger partial charge in [0.05, 0.1) is 7.05 Å². The average molecular weight is 345 g/mol. The van der Waals surface area contributed by atoms with Crippen molar-refractivity contribution in [1.82, 2.24) is 0 Å². The van der Waals surface area contributed by atoms with Crippen LogP contribution in [0.2, 0.25) is 0 Å². The number of para-hydroxylation sites is 1. The van der Waals surface area contributed by atoms with Crippen molar-refractivity contribution in [2.75, 3.05) is 32.1 Å². The minimum atomic E-state index is -0.372. The number of benzene rings is 2. The number of carbonyl (C=O) groups is 1. The first-order chi connectivity index (χ1) is 11.9. The van der Waals surface area contributed by atoms with E-state index in [1.54, 1.807) is 18.2 Å². The zero-order chi connectivity index (χ0) is 18.4. The maximum Gasteiger partial charge on any atom is 0.279 e. The molecule has 0 saturated carbocycles. The maximum atomic E-state index is 13.5. The fourth-order valence-corrected chi connectivity index (χ4v) is 2.82. The molecule has 5 heteroatoms. The van der Waals surface area contributed by atoms with Gasteiger partial charge < -0.3 is 15.0 Å². The molecule has 0 saturated heterocycles. The van der Waals surface area contributed by atoms with E-state index in [-0.39, 0.29) is 17.5 Å². The number of halogens is 1. The largest absolute Gasteiger partial charge is 0.485 e. The quantitative estimate of drug-likeness (QED) is 0.809. The van der Waals surface area contributed by atoms with Gasteiger partial charge in [0.1, 0.15) is 13.2 Å². The SMILES string of the molecule is Cc1cc(C)c(NC(=O)C[NH+](C)CCOc2ccccc2F)c(C)c1. The molecule has 4 nitrogen and oxygen atoms in total. The van der Waals surface area contributed by atoms with Crippen LogP contribution in [0.15, 0.2) is 36.4 Å². The molecule has 0 aliphatic carbocycles. The number of hydrogen-bond donors (Lipinski definition) is 2. The highest BCUT2D eigenvalue weighted by atomic mass is 19.1. The van der Waals surface area contributed by atoms with E-state index < -0.39 is 0 Å². The Kier molecular flexibility index (Phi) is 6.53. The molecule has 1 amide bonds. The molecule has 0 heterocycles. The smallest absolute Gasteiger partial charge is 0.279 e. The van der Waals surface area contributed by atoms with Crippen molar-refractivity contribution in [3.8, 4) is 5.75 Å². The standard InChI is InChI=1S/C20H25FN2O2/c1-14-11-15(2)20(16(3)12-14)22-19(24)13-23(4)9-10-25-18-8-6-5-7-17(18)21/h5-8,11-12H,9-10,13H2,1-4H3,(H,22,24)/p+1. The Bertz CT molecular complexity index is 723. The minimum absolute atomic E-state index is 0.0431. The maximum absolute atomic E-state index is 13.5. The minimum Gasteiger partial charge on any atom is -0.485 e. The lowest BCUT2D eigenvalue weighted by Crippen LogP contribution is -3.10. The van der Waals surface area contributed by atoms with Gasteiger partial charge in [-0.3, -0.25) is 4.79 Å². The van der Waals surface area contributed by atoms with Crippen molar-refractivity contribution in [2.45, 2.75) is 20.8 Å². The number of anilines is 1. The molecule has 0 spiro atoms. The number of ether oxygens (including phenoxy) is 1. The Morgan fingerprint density at radius 3 is 2.44 bits per heavy atom. The summed E-state index contributed by atoms with van der Waals surface area (Å²) in [4.78, 5) is 13.3. The van der Waals surface area contributed by atoms with Crippen molar-refractivity contribution in [1.29, 1.82) is 0 Å². The highest BCUT2D eigenvalue weighted by Gasteiger charge is 2.13. The summed E-state index contributed by atoms with van der Waals surface area (Å²) in [5.41, 5.74) is 4.19. The van der Waals surface area contributed by atoms with Crippen molar-refractivity contribution >= 4 is 11.6 Å². The van der Waals surface area contributed by atoms with E-state index in [4.69, 9.17) is 4.74 Å². The summed E-state index contributed by atoms with van der Waals surface area (Å²) >= 11 is 0. The zero-order valence-electron chi connectivity index (χ0n) is 15.3. The molecule has 0 aliphatic rings. The van der Waals surface area contributed by atoms with Crippen LogP contribution in [0.5, 0.6) is 5.75 Å². The summed E-state index contributed by atoms with van der Waals surface area (Å²) in [5, 5.41) is 2.99. The second-order valence-electron chi connectivity index (χ2n) is 6.48. The van der Waals surface area contributed by atoms with E-state index in [1.165, 1.54) is 11.6 Å². The summed E-state index contributed by atoms with van der Waals surface area (Å²) in [6.07, 6.45) is 0. The van der Waals surface area contributed by atoms with Crippen LogP contribution in [0.25, 0.3) is 0 Å². The van der Waals surface area contributed by atoms with E-state index in [1.807, 2.05) is 27.8 Å². The number of quaternary nitrogens is 1. The van der Waals surface area contributed by atoms with Crippen molar-refractivity contribution in [3.63, 3.8) is 0 Å². The lowest BCUT2D eigenvalue weighted by Gasteiger charge is -2.16. The third-order valence-electron chi connectivity index (χ3n) is 4.03. The number of aryl methyl sites for hydroxylation is 3. The van der Waals surface area contributed by atoms with Crippen LogP contribution in [0, 0.1) is 26.6 Å². The van der Waals surface area contributed by atoms with Gasteiger partial charge in [-0.15, -0.1) is 0 Å². The fraction of sp³-hybridized carbons (Fsp3) is 0.350. The molecule has 2 aromatic rings. The first-order valence-electron chi connectivity index (χ1n) is 8.43. The van der Waals surface area contributed by atoms with E-state index in [9.17, 15) is 9.18 Å². The van der Waals surface area contributed by atoms with E-state index in [2.05, 4.69) is 17.4 Å². The molecular formula is C20H26FN2O2+. The zero-order valence-corrected chi connectivity index (χ0v) is 15.3. The number of rotatable bonds is 7. The molecule has 0 aromatic heterocycles. The molecule has 2 N–H and O–H groups in total. The van der Waals surface area contributed by atoms with Crippen molar-refractivity contribution < 1.29 is 18.8 Å². The lowest BCUT2D eigenvalue weighted by atomic mass is 10.1. The molecular weight excluding hydrogens is 319 g/mol. The summed E-state index contributed by atoms with van der Waals surface area (Å²) in [5.74, 6) is -0.174. The Balaban J connectivity index is 1.81. The normalized spacial score (nSPS) is 11.9. The fourth-order valence-electron chi connectivity index (χ4n) is 2.82. The van der Waals surface area contributed by atoms with Crippen LogP contribution < -0.4 is 15.0 Å². The molecule has 0 aliphatic heterocycles. The Hall–Kier alpha value is -2.40. The van der Waals surface area contributed by atoms with Crippen LogP contribution >= 0.6 is 0 Å². The predicted molar refractivity (Wildman–Crippen MR) is 97.8 cm³/mol. The molecule has 134 valence electrons. The monoisotopic (exact) mass is 345 g/mol. The van der Waals surface area contributed by atoms with Gasteiger partial charge in [-0.25, -0.2) is 4.39 Å². The number of likely N-dealkylation sites (N-methyl/N-ethyl adjacent to an activating group) is 1. The Morgan fingerprint density at radius 2 is 1.80 bits per heavy atom. The third-order valence-corrected chi connectivity index (χ3v) is 4.03. The second kappa shape index (κ2) is 8.62. The lowest BCUT2D eigenvalue weighted by molar-refractivity contribution is -0.871. The van der Waals surface area contributed by atoms with Gasteiger partial charge in [-0.2, -0.15) is 0 Å². The number of carbonyl (C=O) groups excluding carboxylic acids is 1. The molecule has 2 aromatic carbocycles. The topological polar surface area (TPSA) is 42.8 Å². The van der Waals surface area contributed by atoms with Crippen LogP contribution in [0.3, 0.4) is 0 Å². The third kappa shape index (κ3) is 5.57. The number of amides is 1. The van der Waals surface area contributed by atoms with Crippen molar-refractivity contribution in [3.05, 3.63) is 58.9 Å². The van der Waals surface area contributed by atoms with Gasteiger partial charge in [0, 0.05) is 5.69 Å². The molecule has 1 atom stereocenters. The van der Waals surface area contributed by atoms with Gasteiger partial charge in [-0.1, -0.05) is 29.8 Å². The summed E-state index contributed by atoms with van der Waals surface area (Å²) in [7, 11) is 1.92. The molecule has 0 fully saturated rings. The molecule has 0 bridgehead atoms. The van der Waals surface area contributed by atoms with Gasteiger partial charge in [-0.05, 0) is 44.0 Å². The molecule has 1 unspecified atom stereocenters. The predicted octanol–water partition coefficient (Wildman–Crippen LogP) is 2.28.